The highest BCUT2D eigenvalue weighted by Crippen LogP contribution is 2.29. The number of nitrogens with zero attached hydrogens (tertiary/aromatic N) is 2. The molecule has 0 N–H and O–H groups in total. The maximum absolute atomic E-state index is 13.2. The number of benzene rings is 2. The van der Waals surface area contributed by atoms with E-state index in [1.165, 1.54) is 17.8 Å². The fraction of sp³-hybridized carbons (Fsp3) is 0.350. The fourth-order valence-corrected chi connectivity index (χ4v) is 4.92. The third-order valence-corrected chi connectivity index (χ3v) is 7.55. The topological polar surface area (TPSA) is 57.7 Å². The van der Waals surface area contributed by atoms with Gasteiger partial charge in [0.25, 0.3) is 5.91 Å². The van der Waals surface area contributed by atoms with E-state index in [4.69, 9.17) is 23.2 Å². The molecule has 0 aromatic heterocycles. The number of carbonyl (C=O) groups is 1. The zero-order chi connectivity index (χ0) is 21.2. The summed E-state index contributed by atoms with van der Waals surface area (Å²) in [5, 5.41) is 1.01. The summed E-state index contributed by atoms with van der Waals surface area (Å²) in [5.74, 6) is 0.657. The highest BCUT2D eigenvalue weighted by molar-refractivity contribution is 7.99. The quantitative estimate of drug-likeness (QED) is 0.600. The van der Waals surface area contributed by atoms with E-state index in [-0.39, 0.29) is 10.8 Å². The van der Waals surface area contributed by atoms with Crippen LogP contribution in [0.4, 0.5) is 5.69 Å². The lowest BCUT2D eigenvalue weighted by atomic mass is 10.1. The average molecular weight is 473 g/mol. The Morgan fingerprint density at radius 2 is 1.72 bits per heavy atom. The molecule has 1 aliphatic rings. The molecule has 3 rings (SSSR count). The molecule has 1 saturated heterocycles. The van der Waals surface area contributed by atoms with Gasteiger partial charge in [-0.3, -0.25) is 4.79 Å². The lowest BCUT2D eigenvalue weighted by molar-refractivity contribution is 0.0743. The minimum Gasteiger partial charge on any atom is -0.368 e. The molecule has 1 aliphatic heterocycles. The zero-order valence-corrected chi connectivity index (χ0v) is 19.3. The molecule has 0 spiro atoms. The van der Waals surface area contributed by atoms with Gasteiger partial charge in [0.1, 0.15) is 0 Å². The maximum Gasteiger partial charge on any atom is 0.255 e. The predicted octanol–water partition coefficient (Wildman–Crippen LogP) is 4.47. The number of hydrogen-bond donors (Lipinski definition) is 0. The molecule has 1 amide bonds. The Bertz CT molecular complexity index is 1020. The molecule has 0 radical (unpaired) electrons. The van der Waals surface area contributed by atoms with Crippen LogP contribution < -0.4 is 4.90 Å². The van der Waals surface area contributed by atoms with Crippen molar-refractivity contribution >= 4 is 56.4 Å². The molecule has 9 heteroatoms. The van der Waals surface area contributed by atoms with Crippen LogP contribution in [0.2, 0.25) is 10.0 Å². The summed E-state index contributed by atoms with van der Waals surface area (Å²) in [7, 11) is -3.39. The molecule has 0 aliphatic carbocycles. The van der Waals surface area contributed by atoms with Crippen LogP contribution in [0.1, 0.15) is 17.3 Å². The molecular formula is C20H22Cl2N2O3S2. The van der Waals surface area contributed by atoms with Crippen molar-refractivity contribution in [2.75, 3.05) is 43.1 Å². The van der Waals surface area contributed by atoms with Crippen molar-refractivity contribution in [1.29, 1.82) is 0 Å². The number of sulfone groups is 1. The van der Waals surface area contributed by atoms with Gasteiger partial charge in [-0.25, -0.2) is 8.42 Å². The summed E-state index contributed by atoms with van der Waals surface area (Å²) in [4.78, 5) is 18.1. The van der Waals surface area contributed by atoms with Gasteiger partial charge in [-0.05, 0) is 42.2 Å². The van der Waals surface area contributed by atoms with Crippen LogP contribution in [-0.2, 0) is 9.84 Å². The summed E-state index contributed by atoms with van der Waals surface area (Å²) < 4.78 is 23.9. The molecule has 0 bridgehead atoms. The van der Waals surface area contributed by atoms with Crippen molar-refractivity contribution in [2.24, 2.45) is 0 Å². The third kappa shape index (κ3) is 5.20. The molecule has 2 aromatic carbocycles. The minimum absolute atomic E-state index is 0.139. The van der Waals surface area contributed by atoms with Crippen molar-refractivity contribution in [3.8, 4) is 0 Å². The van der Waals surface area contributed by atoms with E-state index in [0.29, 0.717) is 41.8 Å². The summed E-state index contributed by atoms with van der Waals surface area (Å²) >= 11 is 13.6. The number of piperazine rings is 1. The summed E-state index contributed by atoms with van der Waals surface area (Å²) in [6.07, 6.45) is 1.15. The number of thioether (sulfide) groups is 1. The number of carbonyl (C=O) groups excluding carboxylic acids is 1. The van der Waals surface area contributed by atoms with E-state index in [2.05, 4.69) is 4.90 Å². The van der Waals surface area contributed by atoms with Crippen LogP contribution in [0.3, 0.4) is 0 Å². The standard InChI is InChI=1S/C20H22Cl2N2O3S2/c1-3-28-19-7-5-15(29(2,26)27)13-16(19)20(25)24-10-8-23(9-11-24)14-4-6-17(21)18(22)12-14/h4-7,12-13H,3,8-11H2,1-2H3. The SMILES string of the molecule is CCSc1ccc(S(C)(=O)=O)cc1C(=O)N1CCN(c2ccc(Cl)c(Cl)c2)CC1. The van der Waals surface area contributed by atoms with Crippen LogP contribution in [0.25, 0.3) is 0 Å². The predicted molar refractivity (Wildman–Crippen MR) is 121 cm³/mol. The zero-order valence-electron chi connectivity index (χ0n) is 16.2. The highest BCUT2D eigenvalue weighted by atomic mass is 35.5. The first kappa shape index (κ1) is 22.3. The second-order valence-electron chi connectivity index (χ2n) is 6.74. The highest BCUT2D eigenvalue weighted by Gasteiger charge is 2.25. The first-order chi connectivity index (χ1) is 13.7. The molecule has 0 unspecified atom stereocenters. The largest absolute Gasteiger partial charge is 0.368 e. The van der Waals surface area contributed by atoms with Crippen LogP contribution >= 0.6 is 35.0 Å². The Morgan fingerprint density at radius 1 is 1.03 bits per heavy atom. The lowest BCUT2D eigenvalue weighted by Gasteiger charge is -2.36. The van der Waals surface area contributed by atoms with Gasteiger partial charge in [0, 0.05) is 43.0 Å². The molecule has 0 saturated carbocycles. The van der Waals surface area contributed by atoms with E-state index in [1.54, 1.807) is 23.1 Å². The van der Waals surface area contributed by atoms with Crippen molar-refractivity contribution in [2.45, 2.75) is 16.7 Å². The summed E-state index contributed by atoms with van der Waals surface area (Å²) in [6.45, 7) is 4.40. The van der Waals surface area contributed by atoms with Crippen LogP contribution in [0.5, 0.6) is 0 Å². The number of amides is 1. The Kier molecular flexibility index (Phi) is 7.04. The van der Waals surface area contributed by atoms with E-state index >= 15 is 0 Å². The first-order valence-corrected chi connectivity index (χ1v) is 12.8. The van der Waals surface area contributed by atoms with Gasteiger partial charge >= 0.3 is 0 Å². The summed E-state index contributed by atoms with van der Waals surface area (Å²) in [5.41, 5.74) is 1.41. The monoisotopic (exact) mass is 472 g/mol. The Hall–Kier alpha value is -1.41. The lowest BCUT2D eigenvalue weighted by Crippen LogP contribution is -2.49. The second-order valence-corrected chi connectivity index (χ2v) is 10.9. The Balaban J connectivity index is 1.78. The van der Waals surface area contributed by atoms with Crippen LogP contribution in [-0.4, -0.2) is 57.4 Å². The normalized spacial score (nSPS) is 14.9. The van der Waals surface area contributed by atoms with E-state index in [0.717, 1.165) is 22.6 Å². The van der Waals surface area contributed by atoms with Crippen molar-refractivity contribution in [3.63, 3.8) is 0 Å². The molecule has 29 heavy (non-hydrogen) atoms. The van der Waals surface area contributed by atoms with E-state index < -0.39 is 9.84 Å². The van der Waals surface area contributed by atoms with Crippen molar-refractivity contribution < 1.29 is 13.2 Å². The number of anilines is 1. The number of halogens is 2. The molecule has 1 fully saturated rings. The molecule has 5 nitrogen and oxygen atoms in total. The van der Waals surface area contributed by atoms with Gasteiger partial charge in [0.05, 0.1) is 20.5 Å². The van der Waals surface area contributed by atoms with E-state index in [9.17, 15) is 13.2 Å². The molecule has 2 aromatic rings. The van der Waals surface area contributed by atoms with Crippen molar-refractivity contribution in [3.05, 3.63) is 52.0 Å². The van der Waals surface area contributed by atoms with Gasteiger partial charge < -0.3 is 9.80 Å². The van der Waals surface area contributed by atoms with Gasteiger partial charge in [-0.1, -0.05) is 30.1 Å². The molecule has 156 valence electrons. The van der Waals surface area contributed by atoms with E-state index in [1.807, 2.05) is 19.1 Å². The minimum atomic E-state index is -3.39. The van der Waals surface area contributed by atoms with Gasteiger partial charge in [0.15, 0.2) is 9.84 Å². The molecule has 0 atom stereocenters. The van der Waals surface area contributed by atoms with Gasteiger partial charge in [-0.2, -0.15) is 0 Å². The number of hydrogen-bond acceptors (Lipinski definition) is 5. The average Bonchev–Trinajstić information content (AvgIpc) is 2.69. The number of rotatable bonds is 5. The Morgan fingerprint density at radius 3 is 2.31 bits per heavy atom. The third-order valence-electron chi connectivity index (χ3n) is 4.74. The first-order valence-electron chi connectivity index (χ1n) is 9.17. The van der Waals surface area contributed by atoms with Gasteiger partial charge in [-0.15, -0.1) is 11.8 Å². The second kappa shape index (κ2) is 9.16. The smallest absolute Gasteiger partial charge is 0.255 e. The fourth-order valence-electron chi connectivity index (χ4n) is 3.21. The van der Waals surface area contributed by atoms with Crippen molar-refractivity contribution in [1.82, 2.24) is 4.90 Å². The molecular weight excluding hydrogens is 451 g/mol. The van der Waals surface area contributed by atoms with Gasteiger partial charge in [0.2, 0.25) is 0 Å². The van der Waals surface area contributed by atoms with Crippen LogP contribution in [0.15, 0.2) is 46.2 Å². The van der Waals surface area contributed by atoms with Crippen LogP contribution in [0, 0.1) is 0 Å². The summed E-state index contributed by atoms with van der Waals surface area (Å²) in [6, 6.07) is 10.3. The molecule has 1 heterocycles. The Labute approximate surface area is 185 Å². The maximum atomic E-state index is 13.2.